The van der Waals surface area contributed by atoms with E-state index in [1.165, 1.54) is 0 Å². The highest BCUT2D eigenvalue weighted by molar-refractivity contribution is 9.10. The Morgan fingerprint density at radius 2 is 1.89 bits per heavy atom. The quantitative estimate of drug-likeness (QED) is 0.849. The molecular formula is C12H12BrN3O2. The summed E-state index contributed by atoms with van der Waals surface area (Å²) in [5.74, 6) is 1.26. The van der Waals surface area contributed by atoms with E-state index in [4.69, 9.17) is 15.2 Å². The van der Waals surface area contributed by atoms with E-state index in [0.29, 0.717) is 11.6 Å². The van der Waals surface area contributed by atoms with Crippen LogP contribution < -0.4 is 15.2 Å². The number of benzene rings is 1. The number of H-pyrrole nitrogens is 1. The van der Waals surface area contributed by atoms with Gasteiger partial charge in [-0.2, -0.15) is 5.10 Å². The number of nitrogens with one attached hydrogen (secondary N) is 1. The smallest absolute Gasteiger partial charge is 0.246 e. The van der Waals surface area contributed by atoms with Gasteiger partial charge < -0.3 is 15.2 Å². The molecule has 0 saturated carbocycles. The van der Waals surface area contributed by atoms with Crippen LogP contribution in [0.2, 0.25) is 0 Å². The lowest BCUT2D eigenvalue weighted by Gasteiger charge is -2.16. The molecule has 0 fully saturated rings. The summed E-state index contributed by atoms with van der Waals surface area (Å²) < 4.78 is 12.3. The predicted molar refractivity (Wildman–Crippen MR) is 71.5 cm³/mol. The molecule has 0 atom stereocenters. The molecule has 3 rings (SSSR count). The van der Waals surface area contributed by atoms with Gasteiger partial charge in [-0.25, -0.2) is 0 Å². The summed E-state index contributed by atoms with van der Waals surface area (Å²) in [6.45, 7) is 3.74. The number of aromatic amines is 1. The Morgan fingerprint density at radius 1 is 1.22 bits per heavy atom. The lowest BCUT2D eigenvalue weighted by Crippen LogP contribution is -2.29. The number of nitrogens with two attached hydrogens (primary N) is 1. The molecule has 0 radical (unpaired) electrons. The van der Waals surface area contributed by atoms with Crippen molar-refractivity contribution in [1.82, 2.24) is 10.2 Å². The zero-order valence-corrected chi connectivity index (χ0v) is 11.5. The Balaban J connectivity index is 2.09. The Hall–Kier alpha value is -1.69. The Morgan fingerprint density at radius 3 is 2.50 bits per heavy atom. The Bertz CT molecular complexity index is 622. The first-order valence-electron chi connectivity index (χ1n) is 5.47. The van der Waals surface area contributed by atoms with Gasteiger partial charge in [0.25, 0.3) is 0 Å². The van der Waals surface area contributed by atoms with Crippen molar-refractivity contribution in [2.24, 2.45) is 0 Å². The standard InChI is InChI=1S/C12H12BrN3O2/c1-12(2)17-9-3-6(7(13)4-10(9)18-12)8-5-11(14)16-15-8/h3-5H,1-2H3,(H3,14,15,16). The van der Waals surface area contributed by atoms with E-state index >= 15 is 0 Å². The van der Waals surface area contributed by atoms with Gasteiger partial charge in [-0.3, -0.25) is 5.10 Å². The molecule has 18 heavy (non-hydrogen) atoms. The number of aromatic nitrogens is 2. The largest absolute Gasteiger partial charge is 0.449 e. The van der Waals surface area contributed by atoms with Gasteiger partial charge in [-0.1, -0.05) is 0 Å². The molecule has 2 heterocycles. The predicted octanol–water partition coefficient (Wildman–Crippen LogP) is 2.93. The van der Waals surface area contributed by atoms with Crippen LogP contribution in [0.5, 0.6) is 11.5 Å². The van der Waals surface area contributed by atoms with Gasteiger partial charge in [0.2, 0.25) is 5.79 Å². The zero-order valence-electron chi connectivity index (χ0n) is 9.95. The molecule has 3 N–H and O–H groups in total. The lowest BCUT2D eigenvalue weighted by atomic mass is 10.1. The summed E-state index contributed by atoms with van der Waals surface area (Å²) in [6.07, 6.45) is 0. The maximum absolute atomic E-state index is 5.71. The van der Waals surface area contributed by atoms with E-state index in [9.17, 15) is 0 Å². The van der Waals surface area contributed by atoms with Crippen molar-refractivity contribution in [3.8, 4) is 22.8 Å². The van der Waals surface area contributed by atoms with Crippen molar-refractivity contribution in [3.05, 3.63) is 22.7 Å². The molecule has 1 aliphatic heterocycles. The number of anilines is 1. The van der Waals surface area contributed by atoms with Crippen LogP contribution in [0.25, 0.3) is 11.3 Å². The molecule has 0 amide bonds. The molecule has 0 aliphatic carbocycles. The molecule has 1 aromatic heterocycles. The monoisotopic (exact) mass is 309 g/mol. The number of ether oxygens (including phenoxy) is 2. The summed E-state index contributed by atoms with van der Waals surface area (Å²) in [7, 11) is 0. The van der Waals surface area contributed by atoms with E-state index in [-0.39, 0.29) is 0 Å². The Labute approximate surface area is 112 Å². The average Bonchev–Trinajstić information content (AvgIpc) is 2.79. The van der Waals surface area contributed by atoms with Gasteiger partial charge in [0.15, 0.2) is 11.5 Å². The number of halogens is 1. The highest BCUT2D eigenvalue weighted by atomic mass is 79.9. The SMILES string of the molecule is CC1(C)Oc2cc(Br)c(-c3cc(N)n[nH]3)cc2O1. The first kappa shape index (κ1) is 11.4. The molecule has 1 aromatic carbocycles. The van der Waals surface area contributed by atoms with E-state index < -0.39 is 5.79 Å². The second-order valence-corrected chi connectivity index (χ2v) is 5.44. The van der Waals surface area contributed by atoms with Crippen molar-refractivity contribution >= 4 is 21.7 Å². The van der Waals surface area contributed by atoms with Crippen molar-refractivity contribution < 1.29 is 9.47 Å². The highest BCUT2D eigenvalue weighted by Crippen LogP contribution is 2.44. The van der Waals surface area contributed by atoms with Crippen LogP contribution in [-0.2, 0) is 0 Å². The highest BCUT2D eigenvalue weighted by Gasteiger charge is 2.32. The van der Waals surface area contributed by atoms with E-state index in [0.717, 1.165) is 21.5 Å². The van der Waals surface area contributed by atoms with Crippen LogP contribution in [0.15, 0.2) is 22.7 Å². The summed E-state index contributed by atoms with van der Waals surface area (Å²) >= 11 is 3.51. The molecule has 0 unspecified atom stereocenters. The number of nitrogens with zero attached hydrogens (tertiary/aromatic N) is 1. The first-order chi connectivity index (χ1) is 8.44. The van der Waals surface area contributed by atoms with E-state index in [2.05, 4.69) is 26.1 Å². The number of nitrogen functional groups attached to an aromatic ring is 1. The molecule has 94 valence electrons. The van der Waals surface area contributed by atoms with Gasteiger partial charge in [0.1, 0.15) is 5.82 Å². The maximum Gasteiger partial charge on any atom is 0.246 e. The minimum Gasteiger partial charge on any atom is -0.449 e. The first-order valence-corrected chi connectivity index (χ1v) is 6.27. The summed E-state index contributed by atoms with van der Waals surface area (Å²) in [5.41, 5.74) is 7.37. The summed E-state index contributed by atoms with van der Waals surface area (Å²) in [5, 5.41) is 6.79. The molecule has 5 nitrogen and oxygen atoms in total. The van der Waals surface area contributed by atoms with Crippen molar-refractivity contribution in [1.29, 1.82) is 0 Å². The van der Waals surface area contributed by atoms with Gasteiger partial charge >= 0.3 is 0 Å². The normalized spacial score (nSPS) is 15.9. The van der Waals surface area contributed by atoms with Crippen LogP contribution in [0.1, 0.15) is 13.8 Å². The lowest BCUT2D eigenvalue weighted by molar-refractivity contribution is -0.0431. The second-order valence-electron chi connectivity index (χ2n) is 4.59. The van der Waals surface area contributed by atoms with Crippen LogP contribution in [0, 0.1) is 0 Å². The van der Waals surface area contributed by atoms with Crippen LogP contribution >= 0.6 is 15.9 Å². The third kappa shape index (κ3) is 1.82. The van der Waals surface area contributed by atoms with Crippen LogP contribution in [0.3, 0.4) is 0 Å². The maximum atomic E-state index is 5.71. The van der Waals surface area contributed by atoms with Gasteiger partial charge in [0, 0.05) is 30.0 Å². The fourth-order valence-electron chi connectivity index (χ4n) is 1.93. The number of hydrogen-bond donors (Lipinski definition) is 2. The zero-order chi connectivity index (χ0) is 12.9. The van der Waals surface area contributed by atoms with Crippen LogP contribution in [0.4, 0.5) is 5.82 Å². The van der Waals surface area contributed by atoms with Gasteiger partial charge in [-0.05, 0) is 28.1 Å². The number of hydrogen-bond acceptors (Lipinski definition) is 4. The molecule has 0 bridgehead atoms. The molecule has 0 spiro atoms. The van der Waals surface area contributed by atoms with Crippen molar-refractivity contribution in [2.75, 3.05) is 5.73 Å². The fraction of sp³-hybridized carbons (Fsp3) is 0.250. The van der Waals surface area contributed by atoms with E-state index in [1.807, 2.05) is 26.0 Å². The third-order valence-corrected chi connectivity index (χ3v) is 3.29. The third-order valence-electron chi connectivity index (χ3n) is 2.63. The fourth-order valence-corrected chi connectivity index (χ4v) is 2.46. The number of fused-ring (bicyclic) bond motifs is 1. The molecule has 6 heteroatoms. The molecule has 0 saturated heterocycles. The van der Waals surface area contributed by atoms with E-state index in [1.54, 1.807) is 6.07 Å². The summed E-state index contributed by atoms with van der Waals surface area (Å²) in [4.78, 5) is 0. The van der Waals surface area contributed by atoms with Crippen LogP contribution in [-0.4, -0.2) is 16.0 Å². The minimum absolute atomic E-state index is 0.454. The molecular weight excluding hydrogens is 298 g/mol. The minimum atomic E-state index is -0.632. The van der Waals surface area contributed by atoms with Gasteiger partial charge in [0.05, 0.1) is 5.69 Å². The van der Waals surface area contributed by atoms with Crippen molar-refractivity contribution in [2.45, 2.75) is 19.6 Å². The summed E-state index contributed by atoms with van der Waals surface area (Å²) in [6, 6.07) is 5.56. The molecule has 2 aromatic rings. The topological polar surface area (TPSA) is 73.2 Å². The number of rotatable bonds is 1. The van der Waals surface area contributed by atoms with Crippen molar-refractivity contribution in [3.63, 3.8) is 0 Å². The molecule has 1 aliphatic rings. The van der Waals surface area contributed by atoms with Gasteiger partial charge in [-0.15, -0.1) is 0 Å². The Kier molecular flexibility index (Phi) is 2.31. The average molecular weight is 310 g/mol. The second kappa shape index (κ2) is 3.65.